The highest BCUT2D eigenvalue weighted by molar-refractivity contribution is 9.10. The number of hydrogen-bond donors (Lipinski definition) is 1. The van der Waals surface area contributed by atoms with Crippen LogP contribution in [0.3, 0.4) is 0 Å². The van der Waals surface area contributed by atoms with Crippen molar-refractivity contribution in [2.75, 3.05) is 0 Å². The lowest BCUT2D eigenvalue weighted by molar-refractivity contribution is 0.380. The minimum absolute atomic E-state index is 0.644. The normalized spacial score (nSPS) is 18.5. The molecule has 1 aliphatic carbocycles. The highest BCUT2D eigenvalue weighted by Crippen LogP contribution is 2.28. The van der Waals surface area contributed by atoms with Gasteiger partial charge in [0.15, 0.2) is 0 Å². The molecule has 94 valence electrons. The first-order chi connectivity index (χ1) is 8.16. The molecule has 0 heterocycles. The van der Waals surface area contributed by atoms with Crippen LogP contribution in [0.15, 0.2) is 22.7 Å². The summed E-state index contributed by atoms with van der Waals surface area (Å²) < 4.78 is 1.23. The maximum Gasteiger partial charge on any atom is 0.0222 e. The molecule has 0 aliphatic heterocycles. The van der Waals surface area contributed by atoms with Crippen LogP contribution in [0.4, 0.5) is 0 Å². The topological polar surface area (TPSA) is 12.0 Å². The zero-order chi connectivity index (χ0) is 12.3. The van der Waals surface area contributed by atoms with Gasteiger partial charge in [0.2, 0.25) is 0 Å². The van der Waals surface area contributed by atoms with Gasteiger partial charge < -0.3 is 5.32 Å². The van der Waals surface area contributed by atoms with Crippen molar-refractivity contribution < 1.29 is 0 Å². The van der Waals surface area contributed by atoms with Gasteiger partial charge in [0.25, 0.3) is 0 Å². The Labute approximate surface area is 113 Å². The Morgan fingerprint density at radius 2 is 2.06 bits per heavy atom. The van der Waals surface area contributed by atoms with Gasteiger partial charge in [-0.15, -0.1) is 0 Å². The fourth-order valence-corrected chi connectivity index (χ4v) is 3.32. The van der Waals surface area contributed by atoms with Gasteiger partial charge in [-0.05, 0) is 49.8 Å². The van der Waals surface area contributed by atoms with Crippen LogP contribution >= 0.6 is 15.9 Å². The van der Waals surface area contributed by atoms with Crippen molar-refractivity contribution in [1.82, 2.24) is 5.32 Å². The minimum atomic E-state index is 0.644. The van der Waals surface area contributed by atoms with Crippen LogP contribution in [0.2, 0.25) is 0 Å². The van der Waals surface area contributed by atoms with Crippen LogP contribution in [0.25, 0.3) is 0 Å². The van der Waals surface area contributed by atoms with Crippen LogP contribution in [-0.4, -0.2) is 6.04 Å². The van der Waals surface area contributed by atoms with Crippen molar-refractivity contribution in [2.45, 2.75) is 52.1 Å². The number of hydrogen-bond acceptors (Lipinski definition) is 1. The molecule has 0 unspecified atom stereocenters. The first-order valence-electron chi connectivity index (χ1n) is 6.65. The highest BCUT2D eigenvalue weighted by Gasteiger charge is 2.20. The molecule has 1 nitrogen and oxygen atoms in total. The average molecular weight is 296 g/mol. The van der Waals surface area contributed by atoms with E-state index in [2.05, 4.69) is 53.3 Å². The lowest BCUT2D eigenvalue weighted by atomic mass is 9.99. The summed E-state index contributed by atoms with van der Waals surface area (Å²) in [6, 6.07) is 7.23. The van der Waals surface area contributed by atoms with Gasteiger partial charge >= 0.3 is 0 Å². The van der Waals surface area contributed by atoms with E-state index in [0.717, 1.165) is 12.5 Å². The van der Waals surface area contributed by atoms with E-state index < -0.39 is 0 Å². The summed E-state index contributed by atoms with van der Waals surface area (Å²) in [5, 5.41) is 3.67. The number of rotatable bonds is 4. The monoisotopic (exact) mass is 295 g/mol. The van der Waals surface area contributed by atoms with Gasteiger partial charge in [-0.3, -0.25) is 0 Å². The smallest absolute Gasteiger partial charge is 0.0222 e. The van der Waals surface area contributed by atoms with Crippen molar-refractivity contribution in [3.63, 3.8) is 0 Å². The van der Waals surface area contributed by atoms with E-state index in [1.165, 1.54) is 41.3 Å². The minimum Gasteiger partial charge on any atom is -0.310 e. The third-order valence-electron chi connectivity index (χ3n) is 3.93. The van der Waals surface area contributed by atoms with Crippen molar-refractivity contribution in [1.29, 1.82) is 0 Å². The van der Waals surface area contributed by atoms with Crippen LogP contribution in [0.5, 0.6) is 0 Å². The zero-order valence-corrected chi connectivity index (χ0v) is 12.4. The highest BCUT2D eigenvalue weighted by atomic mass is 79.9. The number of aryl methyl sites for hydroxylation is 1. The molecule has 1 saturated carbocycles. The van der Waals surface area contributed by atoms with Gasteiger partial charge in [-0.2, -0.15) is 0 Å². The Morgan fingerprint density at radius 3 is 2.71 bits per heavy atom. The lowest BCUT2D eigenvalue weighted by Gasteiger charge is -2.20. The van der Waals surface area contributed by atoms with Gasteiger partial charge in [0.05, 0.1) is 0 Å². The molecule has 2 heteroatoms. The lowest BCUT2D eigenvalue weighted by Crippen LogP contribution is -2.31. The molecule has 1 fully saturated rings. The molecule has 0 saturated heterocycles. The predicted octanol–water partition coefficient (Wildman–Crippen LogP) is 4.43. The van der Waals surface area contributed by atoms with E-state index in [1.807, 2.05) is 0 Å². The summed E-state index contributed by atoms with van der Waals surface area (Å²) >= 11 is 3.64. The molecule has 0 spiro atoms. The maximum atomic E-state index is 3.67. The Morgan fingerprint density at radius 1 is 1.35 bits per heavy atom. The van der Waals surface area contributed by atoms with Crippen LogP contribution in [-0.2, 0) is 6.54 Å². The number of nitrogens with one attached hydrogen (secondary N) is 1. The molecule has 17 heavy (non-hydrogen) atoms. The largest absolute Gasteiger partial charge is 0.310 e. The molecule has 2 rings (SSSR count). The average Bonchev–Trinajstić information content (AvgIpc) is 2.81. The standard InChI is InChI=1S/C15H22BrN/c1-11-7-8-14(15(16)9-11)10-17-12(2)13-5-3-4-6-13/h7-9,12-13,17H,3-6,10H2,1-2H3/t12-/m1/s1. The fraction of sp³-hybridized carbons (Fsp3) is 0.600. The summed E-state index contributed by atoms with van der Waals surface area (Å²) in [5.41, 5.74) is 2.67. The summed E-state index contributed by atoms with van der Waals surface area (Å²) in [5.74, 6) is 0.888. The molecular formula is C15H22BrN. The number of halogens is 1. The predicted molar refractivity (Wildman–Crippen MR) is 77.1 cm³/mol. The van der Waals surface area contributed by atoms with Crippen LogP contribution in [0.1, 0.15) is 43.7 Å². The second kappa shape index (κ2) is 6.01. The fourth-order valence-electron chi connectivity index (χ4n) is 2.69. The van der Waals surface area contributed by atoms with Gasteiger partial charge in [-0.25, -0.2) is 0 Å². The van der Waals surface area contributed by atoms with Gasteiger partial charge in [0, 0.05) is 17.1 Å². The Balaban J connectivity index is 1.88. The second-order valence-corrected chi connectivity index (χ2v) is 6.16. The van der Waals surface area contributed by atoms with Crippen molar-refractivity contribution in [2.24, 2.45) is 5.92 Å². The molecule has 0 aromatic heterocycles. The molecule has 0 amide bonds. The molecule has 0 radical (unpaired) electrons. The summed E-state index contributed by atoms with van der Waals surface area (Å²) in [6.07, 6.45) is 5.66. The summed E-state index contributed by atoms with van der Waals surface area (Å²) in [4.78, 5) is 0. The molecule has 0 bridgehead atoms. The molecule has 1 N–H and O–H groups in total. The molecular weight excluding hydrogens is 274 g/mol. The Bertz CT molecular complexity index is 369. The van der Waals surface area contributed by atoms with Crippen LogP contribution < -0.4 is 5.32 Å². The van der Waals surface area contributed by atoms with E-state index in [9.17, 15) is 0 Å². The first kappa shape index (κ1) is 13.1. The van der Waals surface area contributed by atoms with Crippen LogP contribution in [0, 0.1) is 12.8 Å². The summed E-state index contributed by atoms with van der Waals surface area (Å²) in [6.45, 7) is 5.43. The van der Waals surface area contributed by atoms with Gasteiger partial charge in [0.1, 0.15) is 0 Å². The second-order valence-electron chi connectivity index (χ2n) is 5.31. The van der Waals surface area contributed by atoms with Crippen molar-refractivity contribution >= 4 is 15.9 Å². The Kier molecular flexibility index (Phi) is 4.63. The molecule has 1 aromatic carbocycles. The van der Waals surface area contributed by atoms with E-state index >= 15 is 0 Å². The quantitative estimate of drug-likeness (QED) is 0.867. The van der Waals surface area contributed by atoms with Gasteiger partial charge in [-0.1, -0.05) is 40.9 Å². The van der Waals surface area contributed by atoms with E-state index in [1.54, 1.807) is 0 Å². The molecule has 1 atom stereocenters. The number of benzene rings is 1. The zero-order valence-electron chi connectivity index (χ0n) is 10.8. The van der Waals surface area contributed by atoms with Crippen molar-refractivity contribution in [3.8, 4) is 0 Å². The Hall–Kier alpha value is -0.340. The maximum absolute atomic E-state index is 3.67. The third-order valence-corrected chi connectivity index (χ3v) is 4.67. The summed E-state index contributed by atoms with van der Waals surface area (Å²) in [7, 11) is 0. The van der Waals surface area contributed by atoms with E-state index in [-0.39, 0.29) is 0 Å². The van der Waals surface area contributed by atoms with E-state index in [0.29, 0.717) is 6.04 Å². The molecule has 1 aliphatic rings. The van der Waals surface area contributed by atoms with E-state index in [4.69, 9.17) is 0 Å². The van der Waals surface area contributed by atoms with Crippen molar-refractivity contribution in [3.05, 3.63) is 33.8 Å². The third kappa shape index (κ3) is 3.56. The first-order valence-corrected chi connectivity index (χ1v) is 7.44. The molecule has 1 aromatic rings. The SMILES string of the molecule is Cc1ccc(CN[C@H](C)C2CCCC2)c(Br)c1.